The molecule has 0 spiro atoms. The van der Waals surface area contributed by atoms with Gasteiger partial charge in [0.15, 0.2) is 0 Å². The van der Waals surface area contributed by atoms with Gasteiger partial charge < -0.3 is 5.32 Å². The van der Waals surface area contributed by atoms with Crippen LogP contribution in [0.2, 0.25) is 0 Å². The third-order valence-corrected chi connectivity index (χ3v) is 4.09. The Balaban J connectivity index is 1.95. The van der Waals surface area contributed by atoms with E-state index in [-0.39, 0.29) is 0 Å². The molecule has 0 saturated carbocycles. The van der Waals surface area contributed by atoms with Gasteiger partial charge >= 0.3 is 0 Å². The van der Waals surface area contributed by atoms with Crippen LogP contribution in [-0.2, 0) is 6.54 Å². The predicted octanol–water partition coefficient (Wildman–Crippen LogP) is 2.90. The lowest BCUT2D eigenvalue weighted by molar-refractivity contribution is 0.231. The quantitative estimate of drug-likeness (QED) is 0.879. The second kappa shape index (κ2) is 6.91. The average molecular weight is 246 g/mol. The predicted molar refractivity (Wildman–Crippen MR) is 77.6 cm³/mol. The highest BCUT2D eigenvalue weighted by Crippen LogP contribution is 2.14. The maximum absolute atomic E-state index is 3.71. The van der Waals surface area contributed by atoms with Crippen molar-refractivity contribution in [3.05, 3.63) is 35.9 Å². The molecule has 1 N–H and O–H groups in total. The van der Waals surface area contributed by atoms with Gasteiger partial charge in [-0.1, -0.05) is 50.6 Å². The van der Waals surface area contributed by atoms with Crippen LogP contribution in [0.4, 0.5) is 0 Å². The first kappa shape index (κ1) is 13.6. The van der Waals surface area contributed by atoms with Crippen molar-refractivity contribution in [3.63, 3.8) is 0 Å². The first-order valence-corrected chi connectivity index (χ1v) is 7.29. The van der Waals surface area contributed by atoms with E-state index in [4.69, 9.17) is 0 Å². The Kier molecular flexibility index (Phi) is 5.21. The maximum Gasteiger partial charge on any atom is 0.0234 e. The van der Waals surface area contributed by atoms with Crippen LogP contribution in [0.3, 0.4) is 0 Å². The van der Waals surface area contributed by atoms with Gasteiger partial charge in [0.1, 0.15) is 0 Å². The zero-order chi connectivity index (χ0) is 12.8. The zero-order valence-corrected chi connectivity index (χ0v) is 11.7. The molecule has 1 aromatic rings. The van der Waals surface area contributed by atoms with E-state index in [2.05, 4.69) is 54.4 Å². The van der Waals surface area contributed by atoms with Crippen molar-refractivity contribution in [2.75, 3.05) is 19.6 Å². The third-order valence-electron chi connectivity index (χ3n) is 4.09. The molecule has 2 unspecified atom stereocenters. The Bertz CT molecular complexity index is 336. The summed E-state index contributed by atoms with van der Waals surface area (Å²) in [7, 11) is 0. The summed E-state index contributed by atoms with van der Waals surface area (Å²) in [5.41, 5.74) is 1.43. The highest BCUT2D eigenvalue weighted by atomic mass is 15.2. The number of hydrogen-bond donors (Lipinski definition) is 1. The zero-order valence-electron chi connectivity index (χ0n) is 11.7. The van der Waals surface area contributed by atoms with Crippen LogP contribution < -0.4 is 5.32 Å². The van der Waals surface area contributed by atoms with Crippen LogP contribution in [-0.4, -0.2) is 30.6 Å². The van der Waals surface area contributed by atoms with Crippen LogP contribution >= 0.6 is 0 Å². The molecule has 100 valence electrons. The van der Waals surface area contributed by atoms with Gasteiger partial charge in [0, 0.05) is 19.1 Å². The van der Waals surface area contributed by atoms with E-state index in [1.54, 1.807) is 0 Å². The van der Waals surface area contributed by atoms with Crippen molar-refractivity contribution >= 4 is 0 Å². The van der Waals surface area contributed by atoms with Crippen molar-refractivity contribution in [3.8, 4) is 0 Å². The molecule has 2 atom stereocenters. The van der Waals surface area contributed by atoms with Gasteiger partial charge in [-0.2, -0.15) is 0 Å². The minimum Gasteiger partial charge on any atom is -0.312 e. The summed E-state index contributed by atoms with van der Waals surface area (Å²) in [6.07, 6.45) is 2.52. The summed E-state index contributed by atoms with van der Waals surface area (Å²) in [5.74, 6) is 0.765. The first-order valence-electron chi connectivity index (χ1n) is 7.29. The summed E-state index contributed by atoms with van der Waals surface area (Å²) in [6.45, 7) is 9.32. The maximum atomic E-state index is 3.71. The molecule has 1 aromatic carbocycles. The van der Waals surface area contributed by atoms with Crippen LogP contribution in [0.1, 0.15) is 32.3 Å². The van der Waals surface area contributed by atoms with Gasteiger partial charge in [0.25, 0.3) is 0 Å². The highest BCUT2D eigenvalue weighted by Gasteiger charge is 2.21. The van der Waals surface area contributed by atoms with Crippen molar-refractivity contribution in [1.29, 1.82) is 0 Å². The van der Waals surface area contributed by atoms with E-state index < -0.39 is 0 Å². The molecule has 1 aliphatic rings. The van der Waals surface area contributed by atoms with Crippen molar-refractivity contribution < 1.29 is 0 Å². The smallest absolute Gasteiger partial charge is 0.0234 e. The lowest BCUT2D eigenvalue weighted by Gasteiger charge is -2.28. The summed E-state index contributed by atoms with van der Waals surface area (Å²) in [5, 5.41) is 3.71. The van der Waals surface area contributed by atoms with Crippen LogP contribution in [0.25, 0.3) is 0 Å². The summed E-state index contributed by atoms with van der Waals surface area (Å²) in [4.78, 5) is 2.60. The van der Waals surface area contributed by atoms with Gasteiger partial charge in [-0.25, -0.2) is 0 Å². The van der Waals surface area contributed by atoms with E-state index in [1.165, 1.54) is 38.0 Å². The summed E-state index contributed by atoms with van der Waals surface area (Å²) in [6, 6.07) is 11.5. The number of rotatable bonds is 4. The Morgan fingerprint density at radius 3 is 2.83 bits per heavy atom. The van der Waals surface area contributed by atoms with E-state index >= 15 is 0 Å². The molecule has 0 amide bonds. The van der Waals surface area contributed by atoms with E-state index in [0.29, 0.717) is 6.04 Å². The second-order valence-electron chi connectivity index (χ2n) is 5.52. The molecule has 1 aliphatic heterocycles. The molecule has 1 heterocycles. The number of benzene rings is 1. The lowest BCUT2D eigenvalue weighted by Crippen LogP contribution is -2.41. The molecule has 1 saturated heterocycles. The number of nitrogens with one attached hydrogen (secondary N) is 1. The van der Waals surface area contributed by atoms with Crippen molar-refractivity contribution in [2.24, 2.45) is 5.92 Å². The molecule has 1 fully saturated rings. The SMILES string of the molecule is CCC(C)C1CN(Cc2ccccc2)CCCN1. The van der Waals surface area contributed by atoms with Gasteiger partial charge in [0.2, 0.25) is 0 Å². The molecule has 18 heavy (non-hydrogen) atoms. The van der Waals surface area contributed by atoms with Gasteiger partial charge in [-0.3, -0.25) is 4.90 Å². The Morgan fingerprint density at radius 2 is 2.11 bits per heavy atom. The molecule has 0 aromatic heterocycles. The molecule has 2 heteroatoms. The summed E-state index contributed by atoms with van der Waals surface area (Å²) < 4.78 is 0. The third kappa shape index (κ3) is 3.82. The molecular weight excluding hydrogens is 220 g/mol. The average Bonchev–Trinajstić information content (AvgIpc) is 2.65. The standard InChI is InChI=1S/C16H26N2/c1-3-14(2)16-13-18(11-7-10-17-16)12-15-8-5-4-6-9-15/h4-6,8-9,14,16-17H,3,7,10-13H2,1-2H3. The second-order valence-corrected chi connectivity index (χ2v) is 5.52. The van der Waals surface area contributed by atoms with E-state index in [1.807, 2.05) is 0 Å². The fourth-order valence-electron chi connectivity index (χ4n) is 2.68. The monoisotopic (exact) mass is 246 g/mol. The topological polar surface area (TPSA) is 15.3 Å². The van der Waals surface area contributed by atoms with Gasteiger partial charge in [-0.05, 0) is 31.0 Å². The van der Waals surface area contributed by atoms with Crippen molar-refractivity contribution in [1.82, 2.24) is 10.2 Å². The molecule has 0 bridgehead atoms. The fraction of sp³-hybridized carbons (Fsp3) is 0.625. The molecule has 0 aliphatic carbocycles. The number of hydrogen-bond acceptors (Lipinski definition) is 2. The number of nitrogens with zero attached hydrogens (tertiary/aromatic N) is 1. The Labute approximate surface area is 111 Å². The molecule has 0 radical (unpaired) electrons. The van der Waals surface area contributed by atoms with Crippen LogP contribution in [0.15, 0.2) is 30.3 Å². The van der Waals surface area contributed by atoms with Crippen molar-refractivity contribution in [2.45, 2.75) is 39.3 Å². The Hall–Kier alpha value is -0.860. The van der Waals surface area contributed by atoms with E-state index in [9.17, 15) is 0 Å². The molecule has 2 rings (SSSR count). The minimum atomic E-state index is 0.654. The first-order chi connectivity index (χ1) is 8.79. The normalized spacial score (nSPS) is 23.6. The molecular formula is C16H26N2. The minimum absolute atomic E-state index is 0.654. The van der Waals surface area contributed by atoms with Crippen LogP contribution in [0.5, 0.6) is 0 Å². The Morgan fingerprint density at radius 1 is 1.33 bits per heavy atom. The largest absolute Gasteiger partial charge is 0.312 e. The van der Waals surface area contributed by atoms with Crippen LogP contribution in [0, 0.1) is 5.92 Å². The van der Waals surface area contributed by atoms with Gasteiger partial charge in [0.05, 0.1) is 0 Å². The van der Waals surface area contributed by atoms with Gasteiger partial charge in [-0.15, -0.1) is 0 Å². The fourth-order valence-corrected chi connectivity index (χ4v) is 2.68. The lowest BCUT2D eigenvalue weighted by atomic mass is 9.99. The highest BCUT2D eigenvalue weighted by molar-refractivity contribution is 5.14. The molecule has 2 nitrogen and oxygen atoms in total. The van der Waals surface area contributed by atoms with E-state index in [0.717, 1.165) is 12.5 Å². The summed E-state index contributed by atoms with van der Waals surface area (Å²) >= 11 is 0.